The zero-order chi connectivity index (χ0) is 21.1. The van der Waals surface area contributed by atoms with Crippen molar-refractivity contribution in [3.63, 3.8) is 0 Å². The standard InChI is InChI=1S/2C14H11O.2ClH.Zr/c2*1-10-12-6-3-2-5-11(12)9-13(10)14-7-4-8-15-14;;;/h2*2-9H,1H3;2*1H;. The van der Waals surface area contributed by atoms with Crippen molar-refractivity contribution >= 4 is 48.1 Å². The van der Waals surface area contributed by atoms with Crippen molar-refractivity contribution in [3.05, 3.63) is 119 Å². The van der Waals surface area contributed by atoms with Crippen LogP contribution in [-0.4, -0.2) is 0 Å². The molecule has 0 N–H and O–H groups in total. The van der Waals surface area contributed by atoms with E-state index in [1.165, 1.54) is 33.4 Å². The molecule has 0 fully saturated rings. The molecule has 166 valence electrons. The summed E-state index contributed by atoms with van der Waals surface area (Å²) in [5.41, 5.74) is 8.12. The molecule has 0 aliphatic heterocycles. The molecule has 0 bridgehead atoms. The molecule has 2 unspecified atom stereocenters. The Balaban J connectivity index is 0.00000130. The Morgan fingerprint density at radius 1 is 0.576 bits per heavy atom. The van der Waals surface area contributed by atoms with Crippen LogP contribution < -0.4 is 0 Å². The number of allylic oxidation sites excluding steroid dienone is 2. The Morgan fingerprint density at radius 3 is 1.39 bits per heavy atom. The first-order chi connectivity index (χ1) is 15.1. The minimum absolute atomic E-state index is 0. The van der Waals surface area contributed by atoms with Gasteiger partial charge in [0.25, 0.3) is 0 Å². The van der Waals surface area contributed by atoms with E-state index in [0.717, 1.165) is 11.5 Å². The molecule has 2 aliphatic rings. The van der Waals surface area contributed by atoms with E-state index in [1.54, 1.807) is 12.5 Å². The van der Waals surface area contributed by atoms with E-state index in [1.807, 2.05) is 12.1 Å². The normalized spacial score (nSPS) is 22.4. The Bertz CT molecular complexity index is 1230. The van der Waals surface area contributed by atoms with Crippen molar-refractivity contribution in [2.45, 2.75) is 20.1 Å². The Kier molecular flexibility index (Phi) is 6.53. The van der Waals surface area contributed by atoms with Gasteiger partial charge < -0.3 is 0 Å². The molecule has 0 saturated heterocycles. The fourth-order valence-electron chi connectivity index (χ4n) is 5.31. The van der Waals surface area contributed by atoms with E-state index in [9.17, 15) is 0 Å². The first-order valence-corrected chi connectivity index (χ1v) is 13.1. The Morgan fingerprint density at radius 2 is 1.00 bits per heavy atom. The van der Waals surface area contributed by atoms with Gasteiger partial charge in [0.15, 0.2) is 0 Å². The minimum Gasteiger partial charge on any atom is -0.147 e. The molecule has 0 amide bonds. The summed E-state index contributed by atoms with van der Waals surface area (Å²) in [5.74, 6) is 1.97. The van der Waals surface area contributed by atoms with E-state index in [0.29, 0.717) is 0 Å². The monoisotopic (exact) mass is 552 g/mol. The summed E-state index contributed by atoms with van der Waals surface area (Å²) in [5, 5.41) is 0. The summed E-state index contributed by atoms with van der Waals surface area (Å²) < 4.78 is 11.8. The largest absolute Gasteiger partial charge is 0.147 e. The zero-order valence-electron chi connectivity index (χ0n) is 18.4. The van der Waals surface area contributed by atoms with Gasteiger partial charge in [-0.1, -0.05) is 0 Å². The maximum atomic E-state index is 5.94. The third-order valence-electron chi connectivity index (χ3n) is 6.75. The zero-order valence-corrected chi connectivity index (χ0v) is 22.5. The van der Waals surface area contributed by atoms with Crippen molar-refractivity contribution in [1.29, 1.82) is 0 Å². The van der Waals surface area contributed by atoms with Crippen molar-refractivity contribution in [2.75, 3.05) is 0 Å². The van der Waals surface area contributed by atoms with Gasteiger partial charge in [-0.25, -0.2) is 0 Å². The van der Waals surface area contributed by atoms with Crippen LogP contribution in [0.3, 0.4) is 0 Å². The summed E-state index contributed by atoms with van der Waals surface area (Å²) in [6.45, 7) is 4.87. The molecule has 2 aliphatic carbocycles. The van der Waals surface area contributed by atoms with Crippen LogP contribution in [0, 0.1) is 0 Å². The van der Waals surface area contributed by atoms with Gasteiger partial charge in [0.1, 0.15) is 0 Å². The molecule has 0 saturated carbocycles. The number of hydrogen-bond acceptors (Lipinski definition) is 2. The third-order valence-corrected chi connectivity index (χ3v) is 11.9. The maximum absolute atomic E-state index is 5.94. The molecular formula is C28H24Cl2O2Zr. The molecule has 0 radical (unpaired) electrons. The SMILES string of the molecule is C[C]1([Zr][C]2(C)C(c3ccco3)=Cc3ccccc32)C(c2ccco2)=Cc2ccccc21.Cl.Cl. The second-order valence-corrected chi connectivity index (χ2v) is 14.2. The van der Waals surface area contributed by atoms with Gasteiger partial charge >= 0.3 is 195 Å². The van der Waals surface area contributed by atoms with Crippen molar-refractivity contribution < 1.29 is 32.1 Å². The Hall–Kier alpha value is -2.06. The fourth-order valence-corrected chi connectivity index (χ4v) is 11.2. The van der Waals surface area contributed by atoms with Gasteiger partial charge in [-0.05, 0) is 0 Å². The van der Waals surface area contributed by atoms with Gasteiger partial charge in [-0.15, -0.1) is 24.8 Å². The quantitative estimate of drug-likeness (QED) is 0.255. The Labute approximate surface area is 218 Å². The molecule has 4 aromatic rings. The summed E-state index contributed by atoms with van der Waals surface area (Å²) in [6.07, 6.45) is 8.25. The number of rotatable bonds is 4. The number of halogens is 2. The van der Waals surface area contributed by atoms with Crippen LogP contribution in [0.25, 0.3) is 23.3 Å². The van der Waals surface area contributed by atoms with Crippen LogP contribution in [-0.2, 0) is 29.5 Å². The summed E-state index contributed by atoms with van der Waals surface area (Å²) in [6, 6.07) is 25.9. The van der Waals surface area contributed by atoms with Crippen LogP contribution in [0.1, 0.15) is 47.6 Å². The summed E-state index contributed by atoms with van der Waals surface area (Å²) in [4.78, 5) is 0. The second-order valence-electron chi connectivity index (χ2n) is 8.62. The van der Waals surface area contributed by atoms with E-state index in [-0.39, 0.29) is 31.1 Å². The maximum Gasteiger partial charge on any atom is -0.147 e. The number of hydrogen-bond donors (Lipinski definition) is 0. The number of fused-ring (bicyclic) bond motifs is 2. The van der Waals surface area contributed by atoms with Crippen LogP contribution >= 0.6 is 24.8 Å². The van der Waals surface area contributed by atoms with Crippen LogP contribution in [0.5, 0.6) is 0 Å². The van der Waals surface area contributed by atoms with Gasteiger partial charge in [-0.2, -0.15) is 0 Å². The van der Waals surface area contributed by atoms with Gasteiger partial charge in [0, 0.05) is 0 Å². The van der Waals surface area contributed by atoms with Crippen LogP contribution in [0.4, 0.5) is 0 Å². The smallest absolute Gasteiger partial charge is 0.147 e. The van der Waals surface area contributed by atoms with Gasteiger partial charge in [-0.3, -0.25) is 0 Å². The van der Waals surface area contributed by atoms with E-state index < -0.39 is 23.2 Å². The van der Waals surface area contributed by atoms with E-state index in [2.05, 4.69) is 86.7 Å². The molecular weight excluding hydrogens is 530 g/mol. The molecule has 2 nitrogen and oxygen atoms in total. The third kappa shape index (κ3) is 3.66. The number of furan rings is 2. The molecule has 2 heterocycles. The van der Waals surface area contributed by atoms with Crippen LogP contribution in [0.15, 0.2) is 94.2 Å². The molecule has 0 spiro atoms. The van der Waals surface area contributed by atoms with Crippen LogP contribution in [0.2, 0.25) is 0 Å². The van der Waals surface area contributed by atoms with Crippen molar-refractivity contribution in [3.8, 4) is 0 Å². The van der Waals surface area contributed by atoms with E-state index >= 15 is 0 Å². The molecule has 2 atom stereocenters. The predicted molar refractivity (Wildman–Crippen MR) is 135 cm³/mol. The molecule has 5 heteroatoms. The predicted octanol–water partition coefficient (Wildman–Crippen LogP) is 8.04. The average molecular weight is 555 g/mol. The average Bonchev–Trinajstić information content (AvgIpc) is 3.56. The number of benzene rings is 2. The van der Waals surface area contributed by atoms with E-state index in [4.69, 9.17) is 8.83 Å². The van der Waals surface area contributed by atoms with Crippen molar-refractivity contribution in [1.82, 2.24) is 0 Å². The summed E-state index contributed by atoms with van der Waals surface area (Å²) in [7, 11) is 0. The topological polar surface area (TPSA) is 26.3 Å². The molecule has 6 rings (SSSR count). The molecule has 33 heavy (non-hydrogen) atoms. The second kappa shape index (κ2) is 8.95. The van der Waals surface area contributed by atoms with Gasteiger partial charge in [0.05, 0.1) is 0 Å². The first-order valence-electron chi connectivity index (χ1n) is 10.6. The fraction of sp³-hybridized carbons (Fsp3) is 0.143. The molecule has 2 aromatic carbocycles. The van der Waals surface area contributed by atoms with Crippen molar-refractivity contribution in [2.24, 2.45) is 0 Å². The summed E-state index contributed by atoms with van der Waals surface area (Å²) >= 11 is -1.23. The van der Waals surface area contributed by atoms with Gasteiger partial charge in [0.2, 0.25) is 0 Å². The first kappa shape index (κ1) is 24.1. The molecule has 2 aromatic heterocycles. The minimum atomic E-state index is -1.23.